The summed E-state index contributed by atoms with van der Waals surface area (Å²) in [5, 5.41) is 3.08. The SMILES string of the molecule is CC/C=C\C=C(\C=O)CC1=CCNC=C1. The summed E-state index contributed by atoms with van der Waals surface area (Å²) < 4.78 is 0. The van der Waals surface area contributed by atoms with E-state index >= 15 is 0 Å². The molecule has 0 spiro atoms. The van der Waals surface area contributed by atoms with E-state index in [4.69, 9.17) is 0 Å². The monoisotopic (exact) mass is 203 g/mol. The van der Waals surface area contributed by atoms with Crippen LogP contribution in [0.1, 0.15) is 19.8 Å². The second-order valence-corrected chi connectivity index (χ2v) is 3.39. The molecule has 0 amide bonds. The Bertz CT molecular complexity index is 321. The Morgan fingerprint density at radius 1 is 1.60 bits per heavy atom. The van der Waals surface area contributed by atoms with Gasteiger partial charge >= 0.3 is 0 Å². The number of hydrogen-bond acceptors (Lipinski definition) is 2. The van der Waals surface area contributed by atoms with Gasteiger partial charge in [-0.15, -0.1) is 0 Å². The van der Waals surface area contributed by atoms with Crippen molar-refractivity contribution in [3.05, 3.63) is 47.7 Å². The van der Waals surface area contributed by atoms with Crippen molar-refractivity contribution in [3.63, 3.8) is 0 Å². The van der Waals surface area contributed by atoms with Crippen LogP contribution in [0.15, 0.2) is 47.7 Å². The van der Waals surface area contributed by atoms with Crippen LogP contribution in [-0.4, -0.2) is 12.8 Å². The molecule has 2 nitrogen and oxygen atoms in total. The van der Waals surface area contributed by atoms with Crippen molar-refractivity contribution in [2.75, 3.05) is 6.54 Å². The van der Waals surface area contributed by atoms with Crippen LogP contribution in [0.25, 0.3) is 0 Å². The number of carbonyl (C=O) groups excluding carboxylic acids is 1. The first-order valence-corrected chi connectivity index (χ1v) is 5.26. The highest BCUT2D eigenvalue weighted by molar-refractivity contribution is 5.74. The van der Waals surface area contributed by atoms with E-state index in [0.29, 0.717) is 0 Å². The van der Waals surface area contributed by atoms with E-state index in [0.717, 1.165) is 31.2 Å². The van der Waals surface area contributed by atoms with E-state index in [1.807, 2.05) is 30.5 Å². The maximum absolute atomic E-state index is 10.8. The molecule has 0 unspecified atom stereocenters. The summed E-state index contributed by atoms with van der Waals surface area (Å²) in [5.41, 5.74) is 2.01. The Morgan fingerprint density at radius 2 is 2.47 bits per heavy atom. The predicted octanol–water partition coefficient (Wildman–Crippen LogP) is 2.51. The van der Waals surface area contributed by atoms with Gasteiger partial charge in [-0.1, -0.05) is 31.2 Å². The molecule has 0 saturated heterocycles. The topological polar surface area (TPSA) is 29.1 Å². The number of allylic oxidation sites excluding steroid dienone is 6. The van der Waals surface area contributed by atoms with Gasteiger partial charge in [0.15, 0.2) is 0 Å². The Balaban J connectivity index is 2.56. The lowest BCUT2D eigenvalue weighted by Crippen LogP contribution is -2.08. The lowest BCUT2D eigenvalue weighted by atomic mass is 10.0. The number of carbonyl (C=O) groups is 1. The summed E-state index contributed by atoms with van der Waals surface area (Å²) in [6, 6.07) is 0. The van der Waals surface area contributed by atoms with Gasteiger partial charge in [0.2, 0.25) is 0 Å². The number of rotatable bonds is 5. The van der Waals surface area contributed by atoms with Crippen molar-refractivity contribution in [1.82, 2.24) is 5.32 Å². The number of dihydropyridines is 1. The van der Waals surface area contributed by atoms with Gasteiger partial charge in [-0.2, -0.15) is 0 Å². The maximum atomic E-state index is 10.8. The molecule has 0 aromatic rings. The van der Waals surface area contributed by atoms with Crippen LogP contribution in [0.3, 0.4) is 0 Å². The van der Waals surface area contributed by atoms with Gasteiger partial charge in [-0.05, 0) is 29.8 Å². The highest BCUT2D eigenvalue weighted by Gasteiger charge is 2.00. The fraction of sp³-hybridized carbons (Fsp3) is 0.308. The third-order valence-corrected chi connectivity index (χ3v) is 2.14. The number of nitrogens with one attached hydrogen (secondary N) is 1. The molecule has 2 heteroatoms. The highest BCUT2D eigenvalue weighted by atomic mass is 16.1. The minimum atomic E-state index is 0.718. The molecule has 15 heavy (non-hydrogen) atoms. The molecule has 1 aliphatic rings. The van der Waals surface area contributed by atoms with Crippen LogP contribution in [0, 0.1) is 0 Å². The molecule has 0 radical (unpaired) electrons. The molecule has 1 rings (SSSR count). The van der Waals surface area contributed by atoms with Gasteiger partial charge in [0.05, 0.1) is 0 Å². The first-order chi connectivity index (χ1) is 7.36. The Labute approximate surface area is 91.1 Å². The van der Waals surface area contributed by atoms with E-state index < -0.39 is 0 Å². The van der Waals surface area contributed by atoms with E-state index in [9.17, 15) is 4.79 Å². The molecule has 1 heterocycles. The normalized spacial score (nSPS) is 16.3. The molecule has 0 bridgehead atoms. The zero-order valence-corrected chi connectivity index (χ0v) is 9.07. The molecule has 0 aromatic carbocycles. The zero-order chi connectivity index (χ0) is 10.9. The predicted molar refractivity (Wildman–Crippen MR) is 63.4 cm³/mol. The first kappa shape index (κ1) is 11.5. The zero-order valence-electron chi connectivity index (χ0n) is 9.07. The van der Waals surface area contributed by atoms with Crippen LogP contribution in [-0.2, 0) is 4.79 Å². The largest absolute Gasteiger partial charge is 0.387 e. The van der Waals surface area contributed by atoms with Gasteiger partial charge in [0.25, 0.3) is 0 Å². The summed E-state index contributed by atoms with van der Waals surface area (Å²) in [5.74, 6) is 0. The number of aldehydes is 1. The van der Waals surface area contributed by atoms with Crippen LogP contribution in [0.4, 0.5) is 0 Å². The van der Waals surface area contributed by atoms with Crippen molar-refractivity contribution in [2.24, 2.45) is 0 Å². The molecule has 0 saturated carbocycles. The van der Waals surface area contributed by atoms with Gasteiger partial charge in [-0.3, -0.25) is 4.79 Å². The van der Waals surface area contributed by atoms with E-state index in [2.05, 4.69) is 18.3 Å². The minimum absolute atomic E-state index is 0.718. The summed E-state index contributed by atoms with van der Waals surface area (Å²) in [6.45, 7) is 2.92. The standard InChI is InChI=1S/C13H17NO/c1-2-3-4-5-13(11-15)10-12-6-8-14-9-7-12/h3-8,11,14H,2,9-10H2,1H3/b4-3-,13-5+. The van der Waals surface area contributed by atoms with Crippen LogP contribution < -0.4 is 5.32 Å². The third-order valence-electron chi connectivity index (χ3n) is 2.14. The minimum Gasteiger partial charge on any atom is -0.387 e. The van der Waals surface area contributed by atoms with Crippen LogP contribution >= 0.6 is 0 Å². The molecule has 0 aromatic heterocycles. The summed E-state index contributed by atoms with van der Waals surface area (Å²) in [7, 11) is 0. The number of hydrogen-bond donors (Lipinski definition) is 1. The molecule has 0 aliphatic carbocycles. The van der Waals surface area contributed by atoms with Crippen molar-refractivity contribution in [1.29, 1.82) is 0 Å². The Kier molecular flexibility index (Phi) is 5.23. The Hall–Kier alpha value is -1.57. The molecule has 1 aliphatic heterocycles. The van der Waals surface area contributed by atoms with Crippen LogP contribution in [0.5, 0.6) is 0 Å². The fourth-order valence-corrected chi connectivity index (χ4v) is 1.33. The lowest BCUT2D eigenvalue weighted by molar-refractivity contribution is -0.105. The summed E-state index contributed by atoms with van der Waals surface area (Å²) in [6.07, 6.45) is 14.5. The third kappa shape index (κ3) is 4.45. The van der Waals surface area contributed by atoms with Gasteiger partial charge in [0, 0.05) is 13.0 Å². The van der Waals surface area contributed by atoms with Crippen molar-refractivity contribution >= 4 is 6.29 Å². The van der Waals surface area contributed by atoms with Gasteiger partial charge in [0.1, 0.15) is 6.29 Å². The Morgan fingerprint density at radius 3 is 3.07 bits per heavy atom. The summed E-state index contributed by atoms with van der Waals surface area (Å²) >= 11 is 0. The van der Waals surface area contributed by atoms with Gasteiger partial charge in [-0.25, -0.2) is 0 Å². The van der Waals surface area contributed by atoms with E-state index in [-0.39, 0.29) is 0 Å². The van der Waals surface area contributed by atoms with Crippen molar-refractivity contribution < 1.29 is 4.79 Å². The first-order valence-electron chi connectivity index (χ1n) is 5.26. The molecule has 80 valence electrons. The molecule has 1 N–H and O–H groups in total. The van der Waals surface area contributed by atoms with E-state index in [1.54, 1.807) is 0 Å². The average molecular weight is 203 g/mol. The van der Waals surface area contributed by atoms with Gasteiger partial charge < -0.3 is 5.32 Å². The molecule has 0 atom stereocenters. The van der Waals surface area contributed by atoms with Crippen molar-refractivity contribution in [2.45, 2.75) is 19.8 Å². The van der Waals surface area contributed by atoms with Crippen LogP contribution in [0.2, 0.25) is 0 Å². The lowest BCUT2D eigenvalue weighted by Gasteiger charge is -2.07. The second kappa shape index (κ2) is 6.82. The molecular weight excluding hydrogens is 186 g/mol. The van der Waals surface area contributed by atoms with E-state index in [1.165, 1.54) is 5.57 Å². The average Bonchev–Trinajstić information content (AvgIpc) is 2.29. The molecular formula is C13H17NO. The van der Waals surface area contributed by atoms with Crippen molar-refractivity contribution in [3.8, 4) is 0 Å². The fourth-order valence-electron chi connectivity index (χ4n) is 1.33. The highest BCUT2D eigenvalue weighted by Crippen LogP contribution is 2.12. The summed E-state index contributed by atoms with van der Waals surface area (Å²) in [4.78, 5) is 10.8. The quantitative estimate of drug-likeness (QED) is 0.422. The second-order valence-electron chi connectivity index (χ2n) is 3.39. The smallest absolute Gasteiger partial charge is 0.146 e. The molecule has 0 fully saturated rings. The maximum Gasteiger partial charge on any atom is 0.146 e.